The fourth-order valence-electron chi connectivity index (χ4n) is 3.85. The van der Waals surface area contributed by atoms with Crippen molar-refractivity contribution >= 4 is 16.8 Å². The summed E-state index contributed by atoms with van der Waals surface area (Å²) in [6.07, 6.45) is 1.81. The molecule has 0 saturated heterocycles. The molecule has 0 aliphatic heterocycles. The second-order valence-electron chi connectivity index (χ2n) is 7.45. The number of fused-ring (bicyclic) bond motifs is 1. The molecule has 4 aromatic rings. The molecule has 28 heavy (non-hydrogen) atoms. The number of aliphatic hydroxyl groups is 1. The number of hydrogen-bond acceptors (Lipinski definition) is 2. The molecular formula is C25H23NO2. The van der Waals surface area contributed by atoms with Crippen LogP contribution in [0.25, 0.3) is 10.9 Å². The van der Waals surface area contributed by atoms with Crippen molar-refractivity contribution in [1.29, 1.82) is 0 Å². The van der Waals surface area contributed by atoms with Crippen LogP contribution in [0.1, 0.15) is 32.6 Å². The summed E-state index contributed by atoms with van der Waals surface area (Å²) in [5.41, 5.74) is 3.13. The Morgan fingerprint density at radius 2 is 1.39 bits per heavy atom. The summed E-state index contributed by atoms with van der Waals surface area (Å²) in [5, 5.41) is 12.9. The summed E-state index contributed by atoms with van der Waals surface area (Å²) in [5.74, 6) is -0.381. The summed E-state index contributed by atoms with van der Waals surface area (Å²) in [6.45, 7) is 5.89. The Hall–Kier alpha value is -3.17. The highest BCUT2D eigenvalue weighted by Gasteiger charge is 2.41. The van der Waals surface area contributed by atoms with Crippen molar-refractivity contribution in [2.24, 2.45) is 0 Å². The van der Waals surface area contributed by atoms with Gasteiger partial charge in [-0.3, -0.25) is 9.36 Å². The predicted octanol–water partition coefficient (Wildman–Crippen LogP) is 5.14. The van der Waals surface area contributed by atoms with E-state index in [9.17, 15) is 9.90 Å². The topological polar surface area (TPSA) is 42.2 Å². The molecule has 1 N–H and O–H groups in total. The van der Waals surface area contributed by atoms with E-state index in [0.717, 1.165) is 27.6 Å². The van der Waals surface area contributed by atoms with Gasteiger partial charge in [0, 0.05) is 11.6 Å². The Bertz CT molecular complexity index is 1140. The summed E-state index contributed by atoms with van der Waals surface area (Å²) in [6, 6.07) is 22.8. The van der Waals surface area contributed by atoms with Crippen LogP contribution in [0, 0.1) is 20.8 Å². The van der Waals surface area contributed by atoms with Gasteiger partial charge in [0.2, 0.25) is 0 Å². The second-order valence-corrected chi connectivity index (χ2v) is 7.45. The Kier molecular flexibility index (Phi) is 4.40. The minimum absolute atomic E-state index is 0.381. The summed E-state index contributed by atoms with van der Waals surface area (Å²) < 4.78 is 1.58. The van der Waals surface area contributed by atoms with E-state index >= 15 is 0 Å². The lowest BCUT2D eigenvalue weighted by atomic mass is 9.84. The van der Waals surface area contributed by atoms with Crippen molar-refractivity contribution in [1.82, 2.24) is 4.57 Å². The molecule has 3 nitrogen and oxygen atoms in total. The van der Waals surface area contributed by atoms with Crippen molar-refractivity contribution in [3.63, 3.8) is 0 Å². The van der Waals surface area contributed by atoms with E-state index in [2.05, 4.69) is 0 Å². The number of para-hydroxylation sites is 1. The van der Waals surface area contributed by atoms with Gasteiger partial charge in [0.1, 0.15) is 0 Å². The quantitative estimate of drug-likeness (QED) is 0.543. The molecule has 0 bridgehead atoms. The zero-order valence-electron chi connectivity index (χ0n) is 16.3. The number of rotatable bonds is 3. The number of hydrogen-bond donors (Lipinski definition) is 1. The first-order chi connectivity index (χ1) is 13.4. The van der Waals surface area contributed by atoms with Crippen LogP contribution < -0.4 is 0 Å². The van der Waals surface area contributed by atoms with E-state index in [0.29, 0.717) is 11.1 Å². The van der Waals surface area contributed by atoms with Crippen LogP contribution in [-0.2, 0) is 5.60 Å². The third-order valence-corrected chi connectivity index (χ3v) is 5.31. The van der Waals surface area contributed by atoms with Gasteiger partial charge in [0.25, 0.3) is 5.91 Å². The van der Waals surface area contributed by atoms with Gasteiger partial charge >= 0.3 is 0 Å². The Balaban J connectivity index is 1.99. The van der Waals surface area contributed by atoms with Crippen LogP contribution in [0.4, 0.5) is 0 Å². The maximum atomic E-state index is 13.8. The zero-order valence-corrected chi connectivity index (χ0v) is 16.3. The molecule has 1 heterocycles. The lowest BCUT2D eigenvalue weighted by molar-refractivity contribution is 0.0396. The molecular weight excluding hydrogens is 346 g/mol. The van der Waals surface area contributed by atoms with Gasteiger partial charge < -0.3 is 5.11 Å². The van der Waals surface area contributed by atoms with Crippen molar-refractivity contribution in [3.05, 3.63) is 107 Å². The van der Waals surface area contributed by atoms with Gasteiger partial charge in [-0.25, -0.2) is 0 Å². The van der Waals surface area contributed by atoms with Crippen LogP contribution >= 0.6 is 0 Å². The van der Waals surface area contributed by atoms with Gasteiger partial charge in [-0.1, -0.05) is 77.9 Å². The molecule has 0 radical (unpaired) electrons. The van der Waals surface area contributed by atoms with Crippen LogP contribution in [0.3, 0.4) is 0 Å². The van der Waals surface area contributed by atoms with E-state index in [1.165, 1.54) is 0 Å². The smallest absolute Gasteiger partial charge is 0.272 e. The molecule has 4 rings (SSSR count). The fraction of sp³-hybridized carbons (Fsp3) is 0.160. The Morgan fingerprint density at radius 3 is 1.96 bits per heavy atom. The molecule has 0 unspecified atom stereocenters. The van der Waals surface area contributed by atoms with E-state index in [1.54, 1.807) is 4.57 Å². The number of aryl methyl sites for hydroxylation is 3. The minimum Gasteiger partial charge on any atom is -0.372 e. The van der Waals surface area contributed by atoms with Gasteiger partial charge in [0.15, 0.2) is 5.60 Å². The summed E-state index contributed by atoms with van der Waals surface area (Å²) >= 11 is 0. The third kappa shape index (κ3) is 2.85. The van der Waals surface area contributed by atoms with E-state index < -0.39 is 5.60 Å². The van der Waals surface area contributed by atoms with Gasteiger partial charge in [-0.15, -0.1) is 0 Å². The average Bonchev–Trinajstić information content (AvgIpc) is 3.04. The first-order valence-electron chi connectivity index (χ1n) is 9.39. The maximum absolute atomic E-state index is 13.8. The molecule has 0 saturated carbocycles. The molecule has 0 atom stereocenters. The van der Waals surface area contributed by atoms with E-state index in [4.69, 9.17) is 0 Å². The molecule has 0 aliphatic rings. The molecule has 0 spiro atoms. The molecule has 3 aromatic carbocycles. The van der Waals surface area contributed by atoms with Gasteiger partial charge in [0.05, 0.1) is 5.52 Å². The molecule has 0 amide bonds. The standard InChI is InChI=1S/C25H23NO2/c1-17-8-6-10-20(14-17)25(28,21-11-7-9-18(2)15-21)24(27)26-16-19(3)22-12-4-5-13-23(22)26/h4-16,28H,1-3H3. The fourth-order valence-corrected chi connectivity index (χ4v) is 3.85. The summed E-state index contributed by atoms with van der Waals surface area (Å²) in [7, 11) is 0. The first-order valence-corrected chi connectivity index (χ1v) is 9.39. The molecule has 0 aliphatic carbocycles. The molecule has 0 fully saturated rings. The number of aromatic nitrogens is 1. The van der Waals surface area contributed by atoms with Crippen LogP contribution in [-0.4, -0.2) is 15.6 Å². The highest BCUT2D eigenvalue weighted by atomic mass is 16.3. The van der Waals surface area contributed by atoms with Crippen molar-refractivity contribution in [3.8, 4) is 0 Å². The number of carbonyl (C=O) groups is 1. The largest absolute Gasteiger partial charge is 0.372 e. The highest BCUT2D eigenvalue weighted by Crippen LogP contribution is 2.34. The summed E-state index contributed by atoms with van der Waals surface area (Å²) in [4.78, 5) is 13.8. The first kappa shape index (κ1) is 18.2. The predicted molar refractivity (Wildman–Crippen MR) is 113 cm³/mol. The van der Waals surface area contributed by atoms with Crippen molar-refractivity contribution in [2.45, 2.75) is 26.4 Å². The van der Waals surface area contributed by atoms with Crippen molar-refractivity contribution < 1.29 is 9.90 Å². The number of benzene rings is 3. The van der Waals surface area contributed by atoms with E-state index in [-0.39, 0.29) is 5.91 Å². The monoisotopic (exact) mass is 369 g/mol. The molecule has 140 valence electrons. The second kappa shape index (κ2) is 6.77. The Morgan fingerprint density at radius 1 is 0.821 bits per heavy atom. The maximum Gasteiger partial charge on any atom is 0.272 e. The zero-order chi connectivity index (χ0) is 19.9. The van der Waals surface area contributed by atoms with Gasteiger partial charge in [-0.05, 0) is 43.5 Å². The lowest BCUT2D eigenvalue weighted by Crippen LogP contribution is -2.40. The minimum atomic E-state index is -1.79. The van der Waals surface area contributed by atoms with Crippen molar-refractivity contribution in [2.75, 3.05) is 0 Å². The SMILES string of the molecule is Cc1cccc(C(O)(C(=O)n2cc(C)c3ccccc32)c2cccc(C)c2)c1. The van der Waals surface area contributed by atoms with Crippen LogP contribution in [0.5, 0.6) is 0 Å². The van der Waals surface area contributed by atoms with E-state index in [1.807, 2.05) is 99.8 Å². The number of nitrogens with zero attached hydrogens (tertiary/aromatic N) is 1. The average molecular weight is 369 g/mol. The lowest BCUT2D eigenvalue weighted by Gasteiger charge is -2.29. The highest BCUT2D eigenvalue weighted by molar-refractivity contribution is 6.00. The molecule has 3 heteroatoms. The molecule has 1 aromatic heterocycles. The number of carbonyl (C=O) groups excluding carboxylic acids is 1. The Labute approximate surface area is 164 Å². The van der Waals surface area contributed by atoms with Crippen LogP contribution in [0.15, 0.2) is 79.0 Å². The normalized spacial score (nSPS) is 11.7. The van der Waals surface area contributed by atoms with Crippen LogP contribution in [0.2, 0.25) is 0 Å². The van der Waals surface area contributed by atoms with Gasteiger partial charge in [-0.2, -0.15) is 0 Å². The third-order valence-electron chi connectivity index (χ3n) is 5.31.